The van der Waals surface area contributed by atoms with Gasteiger partial charge in [-0.1, -0.05) is 26.2 Å². The summed E-state index contributed by atoms with van der Waals surface area (Å²) in [5.74, 6) is 0.648. The maximum absolute atomic E-state index is 8.78. The van der Waals surface area contributed by atoms with Gasteiger partial charge in [0.25, 0.3) is 0 Å². The predicted octanol–water partition coefficient (Wildman–Crippen LogP) is 0.649. The maximum atomic E-state index is 8.78. The molecule has 0 amide bonds. The van der Waals surface area contributed by atoms with E-state index in [9.17, 15) is 0 Å². The summed E-state index contributed by atoms with van der Waals surface area (Å²) in [6.07, 6.45) is 3.30. The van der Waals surface area contributed by atoms with E-state index in [-0.39, 0.29) is 5.82 Å². The fraction of sp³-hybridized carbons (Fsp3) is 1.00. The second-order valence-corrected chi connectivity index (χ2v) is 2.99. The first kappa shape index (κ1) is 7.10. The molecule has 2 N–H and O–H groups in total. The summed E-state index contributed by atoms with van der Waals surface area (Å²) in [5, 5.41) is 17.6. The molecule has 0 heterocycles. The van der Waals surface area contributed by atoms with Gasteiger partial charge in [-0.15, -0.1) is 0 Å². The molecule has 1 fully saturated rings. The molecular weight excluding hydrogens is 115 g/mol. The quantitative estimate of drug-likeness (QED) is 0.509. The van der Waals surface area contributed by atoms with Gasteiger partial charge < -0.3 is 10.0 Å². The molecule has 0 bridgehead atoms. The Morgan fingerprint density at radius 1 is 1.33 bits per heavy atom. The summed E-state index contributed by atoms with van der Waals surface area (Å²) in [4.78, 5) is 0. The van der Waals surface area contributed by atoms with E-state index in [1.165, 1.54) is 0 Å². The third-order valence-electron chi connectivity index (χ3n) is 2.31. The van der Waals surface area contributed by atoms with Crippen molar-refractivity contribution in [2.75, 3.05) is 0 Å². The van der Waals surface area contributed by atoms with Crippen molar-refractivity contribution in [2.24, 2.45) is 5.92 Å². The van der Waals surface area contributed by atoms with Crippen LogP contribution in [-0.2, 0) is 0 Å². The summed E-state index contributed by atoms with van der Waals surface area (Å²) < 4.78 is 0. The molecular formula is C6H13BO2. The Morgan fingerprint density at radius 2 is 2.00 bits per heavy atom. The van der Waals surface area contributed by atoms with Crippen molar-refractivity contribution < 1.29 is 10.0 Å². The van der Waals surface area contributed by atoms with Crippen molar-refractivity contribution in [3.8, 4) is 0 Å². The molecule has 3 heteroatoms. The molecule has 1 rings (SSSR count). The van der Waals surface area contributed by atoms with Gasteiger partial charge in [0.05, 0.1) is 0 Å². The zero-order valence-electron chi connectivity index (χ0n) is 5.75. The van der Waals surface area contributed by atoms with Gasteiger partial charge in [0.1, 0.15) is 0 Å². The normalized spacial score (nSPS) is 35.0. The lowest BCUT2D eigenvalue weighted by Gasteiger charge is -2.12. The molecule has 2 nitrogen and oxygen atoms in total. The van der Waals surface area contributed by atoms with E-state index in [4.69, 9.17) is 10.0 Å². The van der Waals surface area contributed by atoms with Crippen molar-refractivity contribution >= 4 is 7.12 Å². The summed E-state index contributed by atoms with van der Waals surface area (Å²) >= 11 is 0. The Balaban J connectivity index is 2.40. The maximum Gasteiger partial charge on any atom is 0.455 e. The van der Waals surface area contributed by atoms with Crippen LogP contribution in [0.25, 0.3) is 0 Å². The molecule has 0 aromatic rings. The van der Waals surface area contributed by atoms with Gasteiger partial charge in [0.2, 0.25) is 0 Å². The van der Waals surface area contributed by atoms with E-state index in [1.807, 2.05) is 0 Å². The van der Waals surface area contributed by atoms with Crippen molar-refractivity contribution in [1.82, 2.24) is 0 Å². The topological polar surface area (TPSA) is 40.5 Å². The molecule has 0 saturated heterocycles. The molecule has 2 atom stereocenters. The zero-order chi connectivity index (χ0) is 6.85. The highest BCUT2D eigenvalue weighted by atomic mass is 16.4. The Morgan fingerprint density at radius 3 is 2.22 bits per heavy atom. The second-order valence-electron chi connectivity index (χ2n) is 2.99. The molecule has 2 unspecified atom stereocenters. The Bertz CT molecular complexity index is 95.1. The Kier molecular flexibility index (Phi) is 2.14. The van der Waals surface area contributed by atoms with Crippen LogP contribution in [0.2, 0.25) is 5.82 Å². The van der Waals surface area contributed by atoms with E-state index < -0.39 is 7.12 Å². The summed E-state index contributed by atoms with van der Waals surface area (Å²) in [7, 11) is -1.08. The molecule has 1 saturated carbocycles. The molecule has 0 aliphatic heterocycles. The van der Waals surface area contributed by atoms with Crippen LogP contribution in [0.1, 0.15) is 26.2 Å². The first-order valence-electron chi connectivity index (χ1n) is 3.58. The van der Waals surface area contributed by atoms with Crippen LogP contribution < -0.4 is 0 Å². The van der Waals surface area contributed by atoms with Crippen LogP contribution in [0.5, 0.6) is 0 Å². The summed E-state index contributed by atoms with van der Waals surface area (Å²) in [6, 6.07) is 0. The van der Waals surface area contributed by atoms with Gasteiger partial charge in [-0.25, -0.2) is 0 Å². The highest BCUT2D eigenvalue weighted by Gasteiger charge is 2.32. The first-order valence-corrected chi connectivity index (χ1v) is 3.58. The smallest absolute Gasteiger partial charge is 0.427 e. The summed E-state index contributed by atoms with van der Waals surface area (Å²) in [5.41, 5.74) is 0. The minimum absolute atomic E-state index is 0.144. The van der Waals surface area contributed by atoms with Gasteiger partial charge in [-0.05, 0) is 11.7 Å². The Labute approximate surface area is 56.0 Å². The van der Waals surface area contributed by atoms with Gasteiger partial charge >= 0.3 is 7.12 Å². The van der Waals surface area contributed by atoms with Crippen LogP contribution in [0, 0.1) is 5.92 Å². The second kappa shape index (κ2) is 2.71. The van der Waals surface area contributed by atoms with E-state index in [0.29, 0.717) is 5.92 Å². The lowest BCUT2D eigenvalue weighted by atomic mass is 9.68. The highest BCUT2D eigenvalue weighted by Crippen LogP contribution is 2.36. The molecule has 0 aromatic heterocycles. The summed E-state index contributed by atoms with van der Waals surface area (Å²) in [6.45, 7) is 2.08. The number of hydrogen-bond acceptors (Lipinski definition) is 2. The van der Waals surface area contributed by atoms with Crippen molar-refractivity contribution in [3.05, 3.63) is 0 Å². The molecule has 52 valence electrons. The third-order valence-corrected chi connectivity index (χ3v) is 2.31. The van der Waals surface area contributed by atoms with Crippen molar-refractivity contribution in [2.45, 2.75) is 32.0 Å². The average molecular weight is 128 g/mol. The standard InChI is InChI=1S/C6H13BO2/c1-5-3-2-4-6(5)7(8)9/h5-6,8-9H,2-4H2,1H3. The minimum atomic E-state index is -1.08. The SMILES string of the molecule is CC1CCCC1B(O)O. The lowest BCUT2D eigenvalue weighted by Crippen LogP contribution is -2.21. The van der Waals surface area contributed by atoms with Crippen molar-refractivity contribution in [1.29, 1.82) is 0 Å². The van der Waals surface area contributed by atoms with Crippen LogP contribution in [0.3, 0.4) is 0 Å². The van der Waals surface area contributed by atoms with Crippen LogP contribution >= 0.6 is 0 Å². The van der Waals surface area contributed by atoms with Crippen LogP contribution in [0.4, 0.5) is 0 Å². The zero-order valence-corrected chi connectivity index (χ0v) is 5.75. The van der Waals surface area contributed by atoms with Gasteiger partial charge in [-0.2, -0.15) is 0 Å². The molecule has 1 aliphatic carbocycles. The number of rotatable bonds is 1. The van der Waals surface area contributed by atoms with Crippen LogP contribution in [0.15, 0.2) is 0 Å². The lowest BCUT2D eigenvalue weighted by molar-refractivity contribution is 0.367. The fourth-order valence-electron chi connectivity index (χ4n) is 1.62. The van der Waals surface area contributed by atoms with Gasteiger partial charge in [0, 0.05) is 0 Å². The minimum Gasteiger partial charge on any atom is -0.427 e. The number of hydrogen-bond donors (Lipinski definition) is 2. The molecule has 0 spiro atoms. The molecule has 0 radical (unpaired) electrons. The molecule has 1 aliphatic rings. The van der Waals surface area contributed by atoms with Crippen LogP contribution in [-0.4, -0.2) is 17.2 Å². The monoisotopic (exact) mass is 128 g/mol. The van der Waals surface area contributed by atoms with Gasteiger partial charge in [-0.3, -0.25) is 0 Å². The largest absolute Gasteiger partial charge is 0.455 e. The average Bonchev–Trinajstić information content (AvgIpc) is 2.13. The van der Waals surface area contributed by atoms with Crippen molar-refractivity contribution in [3.63, 3.8) is 0 Å². The van der Waals surface area contributed by atoms with E-state index in [0.717, 1.165) is 19.3 Å². The van der Waals surface area contributed by atoms with E-state index >= 15 is 0 Å². The predicted molar refractivity (Wildman–Crippen MR) is 37.0 cm³/mol. The first-order chi connectivity index (χ1) is 4.22. The van der Waals surface area contributed by atoms with Gasteiger partial charge in [0.15, 0.2) is 0 Å². The highest BCUT2D eigenvalue weighted by molar-refractivity contribution is 6.43. The fourth-order valence-corrected chi connectivity index (χ4v) is 1.62. The molecule has 9 heavy (non-hydrogen) atoms. The van der Waals surface area contributed by atoms with E-state index in [1.54, 1.807) is 0 Å². The third kappa shape index (κ3) is 1.46. The molecule has 0 aromatic carbocycles. The van der Waals surface area contributed by atoms with E-state index in [2.05, 4.69) is 6.92 Å². The Hall–Kier alpha value is -0.0151.